The van der Waals surface area contributed by atoms with E-state index >= 15 is 0 Å². The van der Waals surface area contributed by atoms with Gasteiger partial charge in [0.05, 0.1) is 0 Å². The number of anilines is 1. The molecule has 30 heavy (non-hydrogen) atoms. The largest absolute Gasteiger partial charge is 0.347 e. The van der Waals surface area contributed by atoms with Gasteiger partial charge in [-0.05, 0) is 53.8 Å². The summed E-state index contributed by atoms with van der Waals surface area (Å²) < 4.78 is 0. The number of carbonyl (C=O) groups excluding carboxylic acids is 1. The molecule has 0 bridgehead atoms. The van der Waals surface area contributed by atoms with Crippen LogP contribution in [0.5, 0.6) is 0 Å². The molecule has 0 aromatic heterocycles. The number of hydrazone groups is 1. The van der Waals surface area contributed by atoms with E-state index < -0.39 is 0 Å². The van der Waals surface area contributed by atoms with E-state index in [0.29, 0.717) is 5.56 Å². The fraction of sp³-hybridized carbons (Fsp3) is 0.154. The van der Waals surface area contributed by atoms with Crippen LogP contribution in [0.3, 0.4) is 0 Å². The normalized spacial score (nSPS) is 17.5. The van der Waals surface area contributed by atoms with Crippen LogP contribution in [0.2, 0.25) is 0 Å². The summed E-state index contributed by atoms with van der Waals surface area (Å²) in [5.74, 6) is -0.212. The van der Waals surface area contributed by atoms with Crippen molar-refractivity contribution in [2.45, 2.75) is 18.3 Å². The highest BCUT2D eigenvalue weighted by molar-refractivity contribution is 5.94. The van der Waals surface area contributed by atoms with Gasteiger partial charge in [0.2, 0.25) is 0 Å². The number of amides is 1. The molecule has 2 aliphatic rings. The summed E-state index contributed by atoms with van der Waals surface area (Å²) in [5.41, 5.74) is 9.73. The number of nitrogens with zero attached hydrogens (tertiary/aromatic N) is 2. The molecule has 5 rings (SSSR count). The predicted octanol–water partition coefficient (Wildman–Crippen LogP) is 4.47. The van der Waals surface area contributed by atoms with Crippen LogP contribution in [0.1, 0.15) is 27.0 Å². The van der Waals surface area contributed by atoms with E-state index in [1.807, 2.05) is 24.3 Å². The highest BCUT2D eigenvalue weighted by Gasteiger charge is 2.49. The number of fused-ring (bicyclic) bond motifs is 3. The first-order valence-electron chi connectivity index (χ1n) is 10.2. The zero-order valence-corrected chi connectivity index (χ0v) is 16.9. The van der Waals surface area contributed by atoms with Crippen molar-refractivity contribution in [1.82, 2.24) is 5.43 Å². The Hall–Kier alpha value is -3.66. The molecule has 4 nitrogen and oxygen atoms in total. The second-order valence-electron chi connectivity index (χ2n) is 7.92. The van der Waals surface area contributed by atoms with Crippen LogP contribution in [0.4, 0.5) is 5.69 Å². The molecule has 0 atom stereocenters. The average Bonchev–Trinajstić information content (AvgIpc) is 3.28. The summed E-state index contributed by atoms with van der Waals surface area (Å²) in [6.45, 7) is 0. The van der Waals surface area contributed by atoms with Gasteiger partial charge in [0.15, 0.2) is 0 Å². The number of allylic oxidation sites excluding steroid dienone is 2. The van der Waals surface area contributed by atoms with Gasteiger partial charge in [-0.3, -0.25) is 4.79 Å². The number of hydrogen-bond donors (Lipinski definition) is 1. The van der Waals surface area contributed by atoms with Crippen molar-refractivity contribution < 1.29 is 4.79 Å². The van der Waals surface area contributed by atoms with Gasteiger partial charge in [0, 0.05) is 35.6 Å². The maximum Gasteiger partial charge on any atom is 0.271 e. The number of para-hydroxylation sites is 1. The van der Waals surface area contributed by atoms with Crippen molar-refractivity contribution in [2.75, 3.05) is 11.9 Å². The van der Waals surface area contributed by atoms with Crippen LogP contribution in [0, 0.1) is 0 Å². The summed E-state index contributed by atoms with van der Waals surface area (Å²) in [4.78, 5) is 14.5. The van der Waals surface area contributed by atoms with Gasteiger partial charge in [-0.15, -0.1) is 0 Å². The fourth-order valence-corrected chi connectivity index (χ4v) is 4.88. The third kappa shape index (κ3) is 2.92. The quantitative estimate of drug-likeness (QED) is 0.527. The van der Waals surface area contributed by atoms with Crippen LogP contribution in [0.15, 0.2) is 95.7 Å². The zero-order valence-electron chi connectivity index (χ0n) is 16.9. The highest BCUT2D eigenvalue weighted by atomic mass is 16.2. The van der Waals surface area contributed by atoms with Gasteiger partial charge < -0.3 is 4.90 Å². The Balaban J connectivity index is 1.46. The molecule has 0 unspecified atom stereocenters. The van der Waals surface area contributed by atoms with E-state index in [1.165, 1.54) is 28.1 Å². The molecule has 0 saturated carbocycles. The summed E-state index contributed by atoms with van der Waals surface area (Å²) in [5, 5.41) is 4.18. The van der Waals surface area contributed by atoms with Crippen molar-refractivity contribution >= 4 is 17.8 Å². The number of carbonyl (C=O) groups is 1. The molecule has 1 amide bonds. The minimum Gasteiger partial charge on any atom is -0.347 e. The molecule has 1 spiro atoms. The topological polar surface area (TPSA) is 44.7 Å². The SMILES string of the molecule is CN1/C(=C\C=N\NC(=O)c2ccccc2)C2(Cc3ccccc3C2)c2ccccc21. The molecule has 1 aliphatic heterocycles. The van der Waals surface area contributed by atoms with Crippen LogP contribution in [-0.4, -0.2) is 19.2 Å². The molecule has 3 aromatic carbocycles. The van der Waals surface area contributed by atoms with Gasteiger partial charge in [0.1, 0.15) is 0 Å². The standard InChI is InChI=1S/C26H23N3O/c1-29-23-14-8-7-13-22(23)26(17-20-11-5-6-12-21(20)18-26)24(29)15-16-27-28-25(30)19-9-3-2-4-10-19/h2-16H,17-18H2,1H3,(H,28,30)/b24-15-,27-16+. The van der Waals surface area contributed by atoms with Crippen LogP contribution < -0.4 is 10.3 Å². The highest BCUT2D eigenvalue weighted by Crippen LogP contribution is 2.54. The molecule has 3 aromatic rings. The summed E-state index contributed by atoms with van der Waals surface area (Å²) in [6.07, 6.45) is 5.68. The maximum absolute atomic E-state index is 12.2. The van der Waals surface area contributed by atoms with Gasteiger partial charge in [-0.25, -0.2) is 5.43 Å². The molecule has 1 N–H and O–H groups in total. The molecule has 0 fully saturated rings. The van der Waals surface area contributed by atoms with Gasteiger partial charge in [0.25, 0.3) is 5.91 Å². The van der Waals surface area contributed by atoms with Crippen molar-refractivity contribution in [3.05, 3.63) is 113 Å². The van der Waals surface area contributed by atoms with Gasteiger partial charge in [-0.1, -0.05) is 60.7 Å². The summed E-state index contributed by atoms with van der Waals surface area (Å²) in [6, 6.07) is 26.4. The second kappa shape index (κ2) is 7.30. The van der Waals surface area contributed by atoms with E-state index in [9.17, 15) is 4.79 Å². The molecule has 0 radical (unpaired) electrons. The maximum atomic E-state index is 12.2. The van der Waals surface area contributed by atoms with E-state index in [0.717, 1.165) is 12.8 Å². The average molecular weight is 393 g/mol. The third-order valence-corrected chi connectivity index (χ3v) is 6.24. The predicted molar refractivity (Wildman–Crippen MR) is 121 cm³/mol. The number of nitrogens with one attached hydrogen (secondary N) is 1. The molecular weight excluding hydrogens is 370 g/mol. The molecule has 1 heterocycles. The Morgan fingerprint density at radius 1 is 0.933 bits per heavy atom. The first-order chi connectivity index (χ1) is 14.7. The Morgan fingerprint density at radius 2 is 1.57 bits per heavy atom. The Kier molecular flexibility index (Phi) is 4.47. The molecule has 1 aliphatic carbocycles. The first-order valence-corrected chi connectivity index (χ1v) is 10.2. The number of hydrogen-bond acceptors (Lipinski definition) is 3. The zero-order chi connectivity index (χ0) is 20.6. The van der Waals surface area contributed by atoms with E-state index in [4.69, 9.17) is 0 Å². The Labute approximate surface area is 176 Å². The third-order valence-electron chi connectivity index (χ3n) is 6.24. The van der Waals surface area contributed by atoms with Crippen molar-refractivity contribution in [3.8, 4) is 0 Å². The fourth-order valence-electron chi connectivity index (χ4n) is 4.88. The van der Waals surface area contributed by atoms with Crippen LogP contribution in [-0.2, 0) is 18.3 Å². The second-order valence-corrected chi connectivity index (χ2v) is 7.92. The monoisotopic (exact) mass is 393 g/mol. The van der Waals surface area contributed by atoms with Crippen LogP contribution >= 0.6 is 0 Å². The lowest BCUT2D eigenvalue weighted by molar-refractivity contribution is 0.0955. The van der Waals surface area contributed by atoms with Gasteiger partial charge >= 0.3 is 0 Å². The lowest BCUT2D eigenvalue weighted by atomic mass is 9.77. The van der Waals surface area contributed by atoms with E-state index in [2.05, 4.69) is 71.0 Å². The smallest absolute Gasteiger partial charge is 0.271 e. The number of benzene rings is 3. The Bertz CT molecular complexity index is 1140. The summed E-state index contributed by atoms with van der Waals surface area (Å²) in [7, 11) is 2.11. The minimum absolute atomic E-state index is 0.0928. The minimum atomic E-state index is -0.212. The number of likely N-dealkylation sites (N-methyl/N-ethyl adjacent to an activating group) is 1. The molecule has 0 saturated heterocycles. The molecular formula is C26H23N3O. The summed E-state index contributed by atoms with van der Waals surface area (Å²) >= 11 is 0. The molecule has 4 heteroatoms. The van der Waals surface area contributed by atoms with Gasteiger partial charge in [-0.2, -0.15) is 5.10 Å². The molecule has 148 valence electrons. The van der Waals surface area contributed by atoms with E-state index in [-0.39, 0.29) is 11.3 Å². The van der Waals surface area contributed by atoms with Crippen molar-refractivity contribution in [3.63, 3.8) is 0 Å². The lowest BCUT2D eigenvalue weighted by Crippen LogP contribution is -2.30. The number of rotatable bonds is 3. The Morgan fingerprint density at radius 3 is 2.30 bits per heavy atom. The van der Waals surface area contributed by atoms with Crippen molar-refractivity contribution in [2.24, 2.45) is 5.10 Å². The van der Waals surface area contributed by atoms with E-state index in [1.54, 1.807) is 18.3 Å². The lowest BCUT2D eigenvalue weighted by Gasteiger charge is -2.28. The van der Waals surface area contributed by atoms with Crippen LogP contribution in [0.25, 0.3) is 0 Å². The first kappa shape index (κ1) is 18.4. The van der Waals surface area contributed by atoms with Crippen molar-refractivity contribution in [1.29, 1.82) is 0 Å².